The first-order valence-electron chi connectivity index (χ1n) is 54.7. The predicted octanol–water partition coefficient (Wildman–Crippen LogP) is 30.1. The molecule has 6 unspecified atom stereocenters. The highest BCUT2D eigenvalue weighted by atomic mass is 31.2. The van der Waals surface area contributed by atoms with Gasteiger partial charge in [0.1, 0.15) is 76.1 Å². The van der Waals surface area contributed by atoms with E-state index >= 15 is 4.57 Å². The van der Waals surface area contributed by atoms with Gasteiger partial charge >= 0.3 is 43.6 Å². The number of unbranched alkanes of at least 4 members (excludes halogenated alkanes) is 60. The van der Waals surface area contributed by atoms with Gasteiger partial charge in [-0.2, -0.15) is 0 Å². The van der Waals surface area contributed by atoms with Crippen LogP contribution in [0.1, 0.15) is 523 Å². The lowest BCUT2D eigenvalue weighted by Gasteiger charge is -2.37. The number of ether oxygens (including phenoxy) is 6. The quantitative estimate of drug-likeness (QED) is 0.0183. The summed E-state index contributed by atoms with van der Waals surface area (Å²) in [5, 5.41) is 0. The number of carbonyl (C=O) groups is 6. The molecule has 0 aromatic carbocycles. The van der Waals surface area contributed by atoms with Crippen LogP contribution in [-0.2, 0) is 75.3 Å². The maximum atomic E-state index is 17.3. The number of hydrogen-bond acceptors (Lipinski definition) is 16. The second kappa shape index (κ2) is 86.6. The van der Waals surface area contributed by atoms with E-state index in [0.29, 0.717) is 38.5 Å². The number of nitrogens with zero attached hydrogens (tertiary/aromatic N) is 3. The Hall–Kier alpha value is -3.19. The van der Waals surface area contributed by atoms with Gasteiger partial charge in [0.25, 0.3) is 0 Å². The van der Waals surface area contributed by atoms with Crippen molar-refractivity contribution in [2.75, 3.05) is 103 Å². The van der Waals surface area contributed by atoms with E-state index in [1.54, 1.807) is 0 Å². The molecule has 0 rings (SSSR count). The van der Waals surface area contributed by atoms with Crippen LogP contribution in [0.2, 0.25) is 0 Å². The highest BCUT2D eigenvalue weighted by Gasteiger charge is 2.44. The standard InChI is InChI=1S/C108H213N3O16P/c1-16-22-28-34-40-46-52-58-64-70-76-82-103(112)119-94-100(122-106(115)85-79-73-67-61-55-49-43-37-31-25-19-4)88-97(91-109(7,8)9)125-128(118,126-98(92-110(10,11)12)89-101(123-107(116)86-80-74-68-62-56-50-44-38-32-26-20-5)95-120-104(113)83-77-71-65-59-53-47-41-35-29-23-17-2)127-99(93-111(13,14)15)90-102(124-108(117)87-81-75-69-63-57-51-45-39-33-27-21-6)96-121-105(114)84-78-72-66-60-54-48-42-36-30-24-18-3/h97-102H,16-96H2,1-15H3/q+3. The Morgan fingerprint density at radius 1 is 0.195 bits per heavy atom. The van der Waals surface area contributed by atoms with Crippen molar-refractivity contribution in [3.8, 4) is 0 Å². The van der Waals surface area contributed by atoms with Gasteiger partial charge in [-0.25, -0.2) is 4.57 Å². The first-order chi connectivity index (χ1) is 61.6. The predicted molar refractivity (Wildman–Crippen MR) is 534 cm³/mol. The van der Waals surface area contributed by atoms with Gasteiger partial charge in [-0.3, -0.25) is 42.3 Å². The van der Waals surface area contributed by atoms with Crippen molar-refractivity contribution in [1.82, 2.24) is 0 Å². The highest BCUT2D eigenvalue weighted by molar-refractivity contribution is 7.48. The molecule has 19 nitrogen and oxygen atoms in total. The van der Waals surface area contributed by atoms with E-state index in [2.05, 4.69) is 41.5 Å². The SMILES string of the molecule is CCCCCCCCCCCCCC(=O)OCC(CC(C[N+](C)(C)C)OP(=O)(OC(CC(COC(=O)CCCCCCCCCCCCC)OC(=O)CCCCCCCCCCCCC)C[N+](C)(C)C)OC(CC(COC(=O)CCCCCCCCCCCCC)OC(=O)CCCCCCCCCCCCC)C[N+](C)(C)C)OC(=O)CCCCCCCCCCCCC. The fourth-order valence-corrected chi connectivity index (χ4v) is 19.1. The van der Waals surface area contributed by atoms with Crippen molar-refractivity contribution in [1.29, 1.82) is 0 Å². The molecule has 128 heavy (non-hydrogen) atoms. The first-order valence-corrected chi connectivity index (χ1v) is 56.2. The normalized spacial score (nSPS) is 14.0. The van der Waals surface area contributed by atoms with Crippen molar-refractivity contribution < 1.29 is 88.8 Å². The molecular weight excluding hydrogens is 1630 g/mol. The Morgan fingerprint density at radius 3 is 0.469 bits per heavy atom. The van der Waals surface area contributed by atoms with Crippen LogP contribution in [0, 0.1) is 0 Å². The molecule has 0 radical (unpaired) electrons. The zero-order valence-electron chi connectivity index (χ0n) is 87.1. The monoisotopic (exact) mass is 1840 g/mol. The molecule has 0 fully saturated rings. The topological polar surface area (TPSA) is 203 Å². The van der Waals surface area contributed by atoms with Gasteiger partial charge in [0, 0.05) is 57.8 Å². The third-order valence-electron chi connectivity index (χ3n) is 24.8. The van der Waals surface area contributed by atoms with Gasteiger partial charge in [-0.1, -0.05) is 427 Å². The van der Waals surface area contributed by atoms with Crippen molar-refractivity contribution in [2.45, 2.75) is 560 Å². The van der Waals surface area contributed by atoms with Gasteiger partial charge in [-0.05, 0) is 38.5 Å². The summed E-state index contributed by atoms with van der Waals surface area (Å²) in [5.74, 6) is -2.44. The summed E-state index contributed by atoms with van der Waals surface area (Å²) in [4.78, 5) is 84.8. The van der Waals surface area contributed by atoms with E-state index in [9.17, 15) is 28.8 Å². The average molecular weight is 1840 g/mol. The Kier molecular flexibility index (Phi) is 84.5. The minimum Gasteiger partial charge on any atom is -0.462 e. The molecule has 0 aromatic heterocycles. The molecule has 20 heteroatoms. The number of rotatable bonds is 99. The molecular formula is C108H213N3O16P+3. The minimum atomic E-state index is -5.04. The summed E-state index contributed by atoms with van der Waals surface area (Å²) in [6.45, 7) is 13.3. The van der Waals surface area contributed by atoms with Crippen LogP contribution in [0.15, 0.2) is 0 Å². The minimum absolute atomic E-state index is 0.0648. The van der Waals surface area contributed by atoms with Crippen LogP contribution in [0.25, 0.3) is 0 Å². The number of carbonyl (C=O) groups excluding carboxylic acids is 6. The van der Waals surface area contributed by atoms with Crippen LogP contribution in [-0.4, -0.2) is 189 Å². The van der Waals surface area contributed by atoms with Gasteiger partial charge in [-0.15, -0.1) is 0 Å². The molecule has 0 bridgehead atoms. The van der Waals surface area contributed by atoms with Crippen LogP contribution in [0.3, 0.4) is 0 Å². The lowest BCUT2D eigenvalue weighted by Crippen LogP contribution is -2.47. The number of phosphoric ester groups is 1. The van der Waals surface area contributed by atoms with Gasteiger partial charge in [0.2, 0.25) is 0 Å². The zero-order valence-corrected chi connectivity index (χ0v) is 88.0. The van der Waals surface area contributed by atoms with E-state index in [0.717, 1.165) is 116 Å². The summed E-state index contributed by atoms with van der Waals surface area (Å²) < 4.78 is 77.4. The summed E-state index contributed by atoms with van der Waals surface area (Å²) in [6.07, 6.45) is 69.5. The fourth-order valence-electron chi connectivity index (χ4n) is 17.3. The molecule has 0 spiro atoms. The van der Waals surface area contributed by atoms with E-state index < -0.39 is 62.4 Å². The molecule has 0 aromatic rings. The van der Waals surface area contributed by atoms with Crippen molar-refractivity contribution >= 4 is 43.6 Å². The van der Waals surface area contributed by atoms with E-state index in [1.807, 2.05) is 63.4 Å². The van der Waals surface area contributed by atoms with Crippen LogP contribution >= 0.6 is 7.82 Å². The Bertz CT molecular complexity index is 2320. The summed E-state index contributed by atoms with van der Waals surface area (Å²) in [6, 6.07) is 0. The van der Waals surface area contributed by atoms with E-state index in [-0.39, 0.29) is 129 Å². The van der Waals surface area contributed by atoms with Gasteiger partial charge < -0.3 is 41.9 Å². The lowest BCUT2D eigenvalue weighted by atomic mass is 10.1. The molecule has 0 aliphatic carbocycles. The molecule has 0 heterocycles. The van der Waals surface area contributed by atoms with Gasteiger partial charge in [0.15, 0.2) is 0 Å². The van der Waals surface area contributed by atoms with E-state index in [1.165, 1.54) is 270 Å². The smallest absolute Gasteiger partial charge is 0.462 e. The van der Waals surface area contributed by atoms with Crippen LogP contribution in [0.4, 0.5) is 0 Å². The van der Waals surface area contributed by atoms with Crippen molar-refractivity contribution in [3.63, 3.8) is 0 Å². The molecule has 0 aliphatic heterocycles. The number of hydrogen-bond donors (Lipinski definition) is 0. The molecule has 0 amide bonds. The lowest BCUT2D eigenvalue weighted by molar-refractivity contribution is -0.874. The second-order valence-corrected chi connectivity index (χ2v) is 43.4. The Balaban J connectivity index is 8.22. The fraction of sp³-hybridized carbons (Fsp3) is 0.944. The van der Waals surface area contributed by atoms with Gasteiger partial charge in [0.05, 0.1) is 63.4 Å². The first kappa shape index (κ1) is 125. The number of likely N-dealkylation sites (N-methyl/N-ethyl adjacent to an activating group) is 3. The third kappa shape index (κ3) is 88.1. The van der Waals surface area contributed by atoms with Crippen molar-refractivity contribution in [2.24, 2.45) is 0 Å². The number of esters is 6. The molecule has 0 saturated heterocycles. The molecule has 0 aliphatic rings. The van der Waals surface area contributed by atoms with Crippen molar-refractivity contribution in [3.05, 3.63) is 0 Å². The van der Waals surface area contributed by atoms with Crippen LogP contribution < -0.4 is 0 Å². The second-order valence-electron chi connectivity index (χ2n) is 41.9. The Labute approximate surface area is 790 Å². The van der Waals surface area contributed by atoms with E-state index in [4.69, 9.17) is 42.0 Å². The molecule has 758 valence electrons. The maximum absolute atomic E-state index is 17.3. The maximum Gasteiger partial charge on any atom is 0.476 e. The summed E-state index contributed by atoms with van der Waals surface area (Å²) in [5.41, 5.74) is 0. The molecule has 0 N–H and O–H groups in total. The number of quaternary nitrogens is 3. The number of phosphoric acid groups is 1. The largest absolute Gasteiger partial charge is 0.476 e. The molecule has 6 atom stereocenters. The summed E-state index contributed by atoms with van der Waals surface area (Å²) >= 11 is 0. The Morgan fingerprint density at radius 2 is 0.328 bits per heavy atom. The van der Waals surface area contributed by atoms with Crippen LogP contribution in [0.5, 0.6) is 0 Å². The summed E-state index contributed by atoms with van der Waals surface area (Å²) in [7, 11) is 12.9. The molecule has 0 saturated carbocycles. The zero-order chi connectivity index (χ0) is 94.6. The third-order valence-corrected chi connectivity index (χ3v) is 26.4. The highest BCUT2D eigenvalue weighted by Crippen LogP contribution is 2.55. The average Bonchev–Trinajstić information content (AvgIpc) is 0.815.